The summed E-state index contributed by atoms with van der Waals surface area (Å²) in [7, 11) is 0. The summed E-state index contributed by atoms with van der Waals surface area (Å²) < 4.78 is 11.5. The highest BCUT2D eigenvalue weighted by Crippen LogP contribution is 2.34. The van der Waals surface area contributed by atoms with E-state index >= 15 is 0 Å². The van der Waals surface area contributed by atoms with Crippen LogP contribution in [0.15, 0.2) is 66.6 Å². The summed E-state index contributed by atoms with van der Waals surface area (Å²) in [4.78, 5) is 27.8. The van der Waals surface area contributed by atoms with E-state index in [0.29, 0.717) is 29.1 Å². The van der Waals surface area contributed by atoms with Gasteiger partial charge in [0.1, 0.15) is 5.75 Å². The lowest BCUT2D eigenvalue weighted by Crippen LogP contribution is -2.37. The van der Waals surface area contributed by atoms with Crippen molar-refractivity contribution in [1.82, 2.24) is 4.90 Å². The minimum absolute atomic E-state index is 0.131. The second-order valence-electron chi connectivity index (χ2n) is 8.03. The summed E-state index contributed by atoms with van der Waals surface area (Å²) in [5.41, 5.74) is 2.45. The normalized spacial score (nSPS) is 14.0. The Morgan fingerprint density at radius 3 is 2.47 bits per heavy atom. The van der Waals surface area contributed by atoms with Crippen molar-refractivity contribution in [2.24, 2.45) is 0 Å². The second-order valence-corrected chi connectivity index (χ2v) is 8.98. The summed E-state index contributed by atoms with van der Waals surface area (Å²) in [6.45, 7) is 8.95. The summed E-state index contributed by atoms with van der Waals surface area (Å²) in [6.07, 6.45) is 0.864. The van der Waals surface area contributed by atoms with Crippen molar-refractivity contribution in [2.45, 2.75) is 6.42 Å². The Morgan fingerprint density at radius 2 is 1.79 bits per heavy atom. The molecule has 0 unspecified atom stereocenters. The third kappa shape index (κ3) is 5.80. The number of carboxylic acid groups (broad SMARTS) is 1. The number of Topliss-reactive ketones (excluding diaryl/α,β-unsaturated/α-hetero) is 1. The molecule has 0 atom stereocenters. The first-order chi connectivity index (χ1) is 16.5. The van der Waals surface area contributed by atoms with Crippen LogP contribution < -0.4 is 4.74 Å². The molecular weight excluding hydrogens is 450 g/mol. The van der Waals surface area contributed by atoms with Gasteiger partial charge < -0.3 is 14.6 Å². The van der Waals surface area contributed by atoms with Gasteiger partial charge in [0.2, 0.25) is 0 Å². The molecule has 0 radical (unpaired) electrons. The Labute approximate surface area is 203 Å². The fraction of sp³-hybridized carbons (Fsp3) is 0.259. The number of carboxylic acids is 1. The Balaban J connectivity index is 1.52. The van der Waals surface area contributed by atoms with Crippen LogP contribution in [0.5, 0.6) is 5.75 Å². The molecule has 1 fully saturated rings. The molecule has 1 aliphatic heterocycles. The van der Waals surface area contributed by atoms with Crippen molar-refractivity contribution in [3.05, 3.63) is 83.2 Å². The molecular formula is C27H27NO5S. The third-order valence-corrected chi connectivity index (χ3v) is 6.68. The average molecular weight is 478 g/mol. The highest BCUT2D eigenvalue weighted by atomic mass is 32.1. The number of rotatable bonds is 10. The predicted octanol–water partition coefficient (Wildman–Crippen LogP) is 5.11. The number of ether oxygens (including phenoxy) is 2. The number of carbonyl (C=O) groups excluding carboxylic acids is 1. The zero-order valence-electron chi connectivity index (χ0n) is 18.9. The number of carbonyl (C=O) groups is 2. The van der Waals surface area contributed by atoms with Gasteiger partial charge in [-0.05, 0) is 53.8 Å². The molecule has 2 aromatic carbocycles. The van der Waals surface area contributed by atoms with E-state index in [2.05, 4.69) is 11.5 Å². The summed E-state index contributed by atoms with van der Waals surface area (Å²) in [5, 5.41) is 11.1. The van der Waals surface area contributed by atoms with E-state index in [-0.39, 0.29) is 11.3 Å². The SMILES string of the molecule is C=C(C(=O)c1ccc(C(=O)O)cc1)c1cc(-c2cccs2)ccc1OCCCN1CCOCC1. The molecule has 0 saturated carbocycles. The van der Waals surface area contributed by atoms with Gasteiger partial charge in [0.25, 0.3) is 0 Å². The fourth-order valence-corrected chi connectivity index (χ4v) is 4.57. The minimum Gasteiger partial charge on any atom is -0.493 e. The van der Waals surface area contributed by atoms with Gasteiger partial charge in [-0.2, -0.15) is 0 Å². The van der Waals surface area contributed by atoms with Gasteiger partial charge in [0, 0.05) is 41.2 Å². The van der Waals surface area contributed by atoms with Crippen LogP contribution in [0.1, 0.15) is 32.7 Å². The van der Waals surface area contributed by atoms with Crippen molar-refractivity contribution in [3.8, 4) is 16.2 Å². The number of hydrogen-bond acceptors (Lipinski definition) is 6. The van der Waals surface area contributed by atoms with Crippen molar-refractivity contribution < 1.29 is 24.2 Å². The smallest absolute Gasteiger partial charge is 0.335 e. The van der Waals surface area contributed by atoms with E-state index in [1.807, 2.05) is 35.7 Å². The number of benzene rings is 2. The predicted molar refractivity (Wildman–Crippen MR) is 134 cm³/mol. The first kappa shape index (κ1) is 23.9. The van der Waals surface area contributed by atoms with Crippen molar-refractivity contribution >= 4 is 28.7 Å². The van der Waals surface area contributed by atoms with Crippen LogP contribution in [0.4, 0.5) is 0 Å². The van der Waals surface area contributed by atoms with E-state index in [0.717, 1.165) is 49.7 Å². The summed E-state index contributed by atoms with van der Waals surface area (Å²) >= 11 is 1.62. The minimum atomic E-state index is -1.03. The number of aromatic carboxylic acids is 1. The van der Waals surface area contributed by atoms with Crippen LogP contribution in [0, 0.1) is 0 Å². The molecule has 1 saturated heterocycles. The second kappa shape index (κ2) is 11.2. The molecule has 1 N–H and O–H groups in total. The number of morpholine rings is 1. The van der Waals surface area contributed by atoms with Crippen LogP contribution in [-0.4, -0.2) is 61.2 Å². The highest BCUT2D eigenvalue weighted by molar-refractivity contribution is 7.13. The Kier molecular flexibility index (Phi) is 7.90. The van der Waals surface area contributed by atoms with E-state index < -0.39 is 5.97 Å². The van der Waals surface area contributed by atoms with Crippen molar-refractivity contribution in [2.75, 3.05) is 39.5 Å². The van der Waals surface area contributed by atoms with Gasteiger partial charge in [0.15, 0.2) is 5.78 Å². The molecule has 6 nitrogen and oxygen atoms in total. The largest absolute Gasteiger partial charge is 0.493 e. The van der Waals surface area contributed by atoms with E-state index in [4.69, 9.17) is 14.6 Å². The molecule has 2 heterocycles. The Morgan fingerprint density at radius 1 is 1.06 bits per heavy atom. The summed E-state index contributed by atoms with van der Waals surface area (Å²) in [6, 6.07) is 15.7. The van der Waals surface area contributed by atoms with Crippen LogP contribution in [0.25, 0.3) is 16.0 Å². The number of nitrogens with zero attached hydrogens (tertiary/aromatic N) is 1. The van der Waals surface area contributed by atoms with Gasteiger partial charge in [-0.15, -0.1) is 11.3 Å². The highest BCUT2D eigenvalue weighted by Gasteiger charge is 2.19. The van der Waals surface area contributed by atoms with Crippen LogP contribution in [-0.2, 0) is 4.74 Å². The maximum Gasteiger partial charge on any atom is 0.335 e. The van der Waals surface area contributed by atoms with Crippen LogP contribution >= 0.6 is 11.3 Å². The van der Waals surface area contributed by atoms with E-state index in [1.165, 1.54) is 24.3 Å². The van der Waals surface area contributed by atoms with Crippen LogP contribution in [0.2, 0.25) is 0 Å². The third-order valence-electron chi connectivity index (χ3n) is 5.76. The first-order valence-electron chi connectivity index (χ1n) is 11.2. The van der Waals surface area contributed by atoms with Gasteiger partial charge in [-0.25, -0.2) is 4.79 Å². The topological polar surface area (TPSA) is 76.1 Å². The molecule has 3 aromatic rings. The molecule has 0 aliphatic carbocycles. The molecule has 7 heteroatoms. The number of allylic oxidation sites excluding steroid dienone is 1. The van der Waals surface area contributed by atoms with Gasteiger partial charge in [-0.1, -0.05) is 24.8 Å². The number of ketones is 1. The monoisotopic (exact) mass is 477 g/mol. The lowest BCUT2D eigenvalue weighted by Gasteiger charge is -2.26. The Bertz CT molecular complexity index is 1150. The Hall–Kier alpha value is -3.26. The maximum absolute atomic E-state index is 13.2. The lowest BCUT2D eigenvalue weighted by molar-refractivity contribution is 0.0358. The molecule has 4 rings (SSSR count). The number of hydrogen-bond donors (Lipinski definition) is 1. The molecule has 1 aromatic heterocycles. The zero-order valence-corrected chi connectivity index (χ0v) is 19.7. The molecule has 34 heavy (non-hydrogen) atoms. The van der Waals surface area contributed by atoms with Gasteiger partial charge in [-0.3, -0.25) is 9.69 Å². The maximum atomic E-state index is 13.2. The molecule has 176 valence electrons. The lowest BCUT2D eigenvalue weighted by atomic mass is 9.95. The van der Waals surface area contributed by atoms with Crippen molar-refractivity contribution in [3.63, 3.8) is 0 Å². The zero-order chi connectivity index (χ0) is 23.9. The standard InChI is InChI=1S/C27H27NO5S/c1-19(26(29)20-5-7-21(8-6-20)27(30)31)23-18-22(25-4-2-17-34-25)9-10-24(23)33-14-3-11-28-12-15-32-16-13-28/h2,4-10,17-18H,1,3,11-16H2,(H,30,31). The molecule has 0 spiro atoms. The molecule has 0 amide bonds. The number of thiophene rings is 1. The van der Waals surface area contributed by atoms with Gasteiger partial charge in [0.05, 0.1) is 25.4 Å². The van der Waals surface area contributed by atoms with Gasteiger partial charge >= 0.3 is 5.97 Å². The average Bonchev–Trinajstić information content (AvgIpc) is 3.41. The summed E-state index contributed by atoms with van der Waals surface area (Å²) in [5.74, 6) is -0.685. The van der Waals surface area contributed by atoms with Crippen molar-refractivity contribution in [1.29, 1.82) is 0 Å². The molecule has 1 aliphatic rings. The fourth-order valence-electron chi connectivity index (χ4n) is 3.84. The van der Waals surface area contributed by atoms with E-state index in [1.54, 1.807) is 11.3 Å². The first-order valence-corrected chi connectivity index (χ1v) is 12.1. The van der Waals surface area contributed by atoms with Crippen LogP contribution in [0.3, 0.4) is 0 Å². The molecule has 0 bridgehead atoms. The quantitative estimate of drug-likeness (QED) is 0.248. The van der Waals surface area contributed by atoms with E-state index in [9.17, 15) is 9.59 Å².